The average Bonchev–Trinajstić information content (AvgIpc) is 2.46. The molecule has 14 heavy (non-hydrogen) atoms. The van der Waals surface area contributed by atoms with Crippen molar-refractivity contribution < 1.29 is 9.47 Å². The summed E-state index contributed by atoms with van der Waals surface area (Å²) in [4.78, 5) is 0. The van der Waals surface area contributed by atoms with E-state index in [4.69, 9.17) is 9.47 Å². The summed E-state index contributed by atoms with van der Waals surface area (Å²) in [6.07, 6.45) is 0.145. The fourth-order valence-corrected chi connectivity index (χ4v) is 1.96. The Morgan fingerprint density at radius 1 is 1.07 bits per heavy atom. The van der Waals surface area contributed by atoms with Crippen molar-refractivity contribution in [1.29, 1.82) is 0 Å². The molecule has 1 aromatic carbocycles. The number of hydrogen-bond donors (Lipinski definition) is 0. The highest BCUT2D eigenvalue weighted by Gasteiger charge is 2.32. The maximum absolute atomic E-state index is 5.72. The monoisotopic (exact) mass is 192 g/mol. The molecule has 0 N–H and O–H groups in total. The lowest BCUT2D eigenvalue weighted by Crippen LogP contribution is -2.11. The van der Waals surface area contributed by atoms with Gasteiger partial charge in [-0.1, -0.05) is 24.3 Å². The van der Waals surface area contributed by atoms with Crippen LogP contribution in [-0.2, 0) is 9.47 Å². The Kier molecular flexibility index (Phi) is 2.57. The van der Waals surface area contributed by atoms with Crippen LogP contribution in [0.1, 0.15) is 31.1 Å². The molecule has 0 spiro atoms. The first-order valence-corrected chi connectivity index (χ1v) is 5.05. The molecule has 1 aliphatic rings. The molecule has 0 radical (unpaired) electrons. The number of aryl methyl sites for hydroxylation is 1. The summed E-state index contributed by atoms with van der Waals surface area (Å²) >= 11 is 0. The third-order valence-corrected chi connectivity index (χ3v) is 2.67. The molecule has 76 valence electrons. The van der Waals surface area contributed by atoms with Crippen molar-refractivity contribution in [3.8, 4) is 0 Å². The highest BCUT2D eigenvalue weighted by atomic mass is 16.7. The van der Waals surface area contributed by atoms with E-state index in [0.29, 0.717) is 0 Å². The second-order valence-electron chi connectivity index (χ2n) is 3.82. The van der Waals surface area contributed by atoms with Gasteiger partial charge in [-0.15, -0.1) is 0 Å². The van der Waals surface area contributed by atoms with Crippen LogP contribution in [0.5, 0.6) is 0 Å². The molecule has 0 aliphatic carbocycles. The molecule has 0 aromatic heterocycles. The molecule has 0 bridgehead atoms. The summed E-state index contributed by atoms with van der Waals surface area (Å²) in [7, 11) is 0. The quantitative estimate of drug-likeness (QED) is 0.681. The fraction of sp³-hybridized carbons (Fsp3) is 0.500. The van der Waals surface area contributed by atoms with Gasteiger partial charge < -0.3 is 9.47 Å². The van der Waals surface area contributed by atoms with E-state index in [-0.39, 0.29) is 18.5 Å². The lowest BCUT2D eigenvalue weighted by molar-refractivity contribution is -0.0495. The SMILES string of the molecule is Cc1ccccc1[C@@H]1OC(C)O[C@H]1C. The zero-order chi connectivity index (χ0) is 10.1. The van der Waals surface area contributed by atoms with Crippen molar-refractivity contribution >= 4 is 0 Å². The Hall–Kier alpha value is -0.860. The summed E-state index contributed by atoms with van der Waals surface area (Å²) in [6, 6.07) is 8.30. The average molecular weight is 192 g/mol. The molecule has 0 amide bonds. The van der Waals surface area contributed by atoms with Crippen LogP contribution in [0.25, 0.3) is 0 Å². The third-order valence-electron chi connectivity index (χ3n) is 2.67. The number of rotatable bonds is 1. The van der Waals surface area contributed by atoms with Gasteiger partial charge in [-0.05, 0) is 31.9 Å². The summed E-state index contributed by atoms with van der Waals surface area (Å²) in [5, 5.41) is 0. The molecule has 1 fully saturated rings. The summed E-state index contributed by atoms with van der Waals surface area (Å²) in [5.74, 6) is 0. The van der Waals surface area contributed by atoms with Gasteiger partial charge in [0.1, 0.15) is 6.10 Å². The molecule has 3 atom stereocenters. The largest absolute Gasteiger partial charge is 0.347 e. The summed E-state index contributed by atoms with van der Waals surface area (Å²) in [5.41, 5.74) is 2.51. The maximum atomic E-state index is 5.72. The van der Waals surface area contributed by atoms with Crippen molar-refractivity contribution in [2.24, 2.45) is 0 Å². The molecule has 1 aliphatic heterocycles. The van der Waals surface area contributed by atoms with Gasteiger partial charge in [-0.25, -0.2) is 0 Å². The minimum Gasteiger partial charge on any atom is -0.347 e. The first kappa shape index (κ1) is 9.69. The van der Waals surface area contributed by atoms with Crippen LogP contribution in [0.4, 0.5) is 0 Å². The molecule has 2 heteroatoms. The molecular formula is C12H16O2. The minimum atomic E-state index is -0.0883. The zero-order valence-corrected chi connectivity index (χ0v) is 8.86. The van der Waals surface area contributed by atoms with Crippen molar-refractivity contribution in [3.05, 3.63) is 35.4 Å². The smallest absolute Gasteiger partial charge is 0.156 e. The highest BCUT2D eigenvalue weighted by molar-refractivity contribution is 5.28. The highest BCUT2D eigenvalue weighted by Crippen LogP contribution is 2.33. The van der Waals surface area contributed by atoms with Gasteiger partial charge in [-0.2, -0.15) is 0 Å². The van der Waals surface area contributed by atoms with Gasteiger partial charge in [0, 0.05) is 0 Å². The molecule has 1 saturated heterocycles. The molecular weight excluding hydrogens is 176 g/mol. The summed E-state index contributed by atoms with van der Waals surface area (Å²) < 4.78 is 11.3. The van der Waals surface area contributed by atoms with Crippen LogP contribution in [0.3, 0.4) is 0 Å². The van der Waals surface area contributed by atoms with Gasteiger partial charge in [0.15, 0.2) is 6.29 Å². The van der Waals surface area contributed by atoms with Gasteiger partial charge in [0.05, 0.1) is 6.10 Å². The fourth-order valence-electron chi connectivity index (χ4n) is 1.96. The van der Waals surface area contributed by atoms with Gasteiger partial charge in [-0.3, -0.25) is 0 Å². The Morgan fingerprint density at radius 2 is 1.79 bits per heavy atom. The molecule has 1 heterocycles. The second kappa shape index (κ2) is 3.71. The van der Waals surface area contributed by atoms with E-state index in [2.05, 4.69) is 26.0 Å². The van der Waals surface area contributed by atoms with E-state index in [1.807, 2.05) is 19.1 Å². The van der Waals surface area contributed by atoms with Crippen molar-refractivity contribution in [2.75, 3.05) is 0 Å². The Labute approximate surface area is 84.8 Å². The predicted molar refractivity (Wildman–Crippen MR) is 55.0 cm³/mol. The number of benzene rings is 1. The summed E-state index contributed by atoms with van der Waals surface area (Å²) in [6.45, 7) is 6.10. The van der Waals surface area contributed by atoms with Crippen molar-refractivity contribution in [2.45, 2.75) is 39.3 Å². The molecule has 1 aromatic rings. The molecule has 1 unspecified atom stereocenters. The standard InChI is InChI=1S/C12H16O2/c1-8-6-4-5-7-11(8)12-9(2)13-10(3)14-12/h4-7,9-10,12H,1-3H3/t9-,10?,12+/m0/s1. The molecule has 0 saturated carbocycles. The first-order chi connectivity index (χ1) is 6.68. The third kappa shape index (κ3) is 1.68. The van der Waals surface area contributed by atoms with Crippen LogP contribution in [0.15, 0.2) is 24.3 Å². The van der Waals surface area contributed by atoms with E-state index in [0.717, 1.165) is 0 Å². The Balaban J connectivity index is 2.27. The van der Waals surface area contributed by atoms with E-state index in [9.17, 15) is 0 Å². The van der Waals surface area contributed by atoms with E-state index >= 15 is 0 Å². The van der Waals surface area contributed by atoms with Crippen LogP contribution >= 0.6 is 0 Å². The number of ether oxygens (including phenoxy) is 2. The van der Waals surface area contributed by atoms with Crippen molar-refractivity contribution in [1.82, 2.24) is 0 Å². The lowest BCUT2D eigenvalue weighted by Gasteiger charge is -2.15. The van der Waals surface area contributed by atoms with E-state index < -0.39 is 0 Å². The first-order valence-electron chi connectivity index (χ1n) is 5.05. The maximum Gasteiger partial charge on any atom is 0.156 e. The van der Waals surface area contributed by atoms with Gasteiger partial charge >= 0.3 is 0 Å². The minimum absolute atomic E-state index is 0.0883. The topological polar surface area (TPSA) is 18.5 Å². The normalized spacial score (nSPS) is 32.1. The Morgan fingerprint density at radius 3 is 2.36 bits per heavy atom. The zero-order valence-electron chi connectivity index (χ0n) is 8.86. The van der Waals surface area contributed by atoms with Crippen molar-refractivity contribution in [3.63, 3.8) is 0 Å². The number of hydrogen-bond acceptors (Lipinski definition) is 2. The molecule has 2 nitrogen and oxygen atoms in total. The van der Waals surface area contributed by atoms with Crippen LogP contribution < -0.4 is 0 Å². The van der Waals surface area contributed by atoms with E-state index in [1.165, 1.54) is 11.1 Å². The second-order valence-corrected chi connectivity index (χ2v) is 3.82. The van der Waals surface area contributed by atoms with Crippen LogP contribution in [0, 0.1) is 6.92 Å². The lowest BCUT2D eigenvalue weighted by atomic mass is 10.0. The van der Waals surface area contributed by atoms with Crippen LogP contribution in [0.2, 0.25) is 0 Å². The van der Waals surface area contributed by atoms with E-state index in [1.54, 1.807) is 0 Å². The Bertz CT molecular complexity index is 322. The van der Waals surface area contributed by atoms with Gasteiger partial charge in [0.2, 0.25) is 0 Å². The van der Waals surface area contributed by atoms with Crippen LogP contribution in [-0.4, -0.2) is 12.4 Å². The molecule has 2 rings (SSSR count). The predicted octanol–water partition coefficient (Wildman–Crippen LogP) is 2.82. The van der Waals surface area contributed by atoms with Gasteiger partial charge in [0.25, 0.3) is 0 Å².